The van der Waals surface area contributed by atoms with Gasteiger partial charge in [0.15, 0.2) is 12.1 Å². The number of ether oxygens (including phenoxy) is 2. The van der Waals surface area contributed by atoms with Crippen molar-refractivity contribution < 1.29 is 23.9 Å². The standard InChI is InChI=1S/C25H36N6O5S/c1-10(2)16-23-26-14(8-35-23)20(32)30-18(12(5)6)25-27-15(9-37-25)21(33)28-17(11(3)4)24-31-19(13(7)36-24)22(34)29-16/h9-14,16-19H,8H2,1-7H3,(H,28,33)(H,29,34)(H,30,32)/t13-,14?,16-,17-,18-,19-/m0/s1. The van der Waals surface area contributed by atoms with E-state index in [9.17, 15) is 14.4 Å². The number of aromatic nitrogens is 1. The van der Waals surface area contributed by atoms with Gasteiger partial charge in [-0.2, -0.15) is 0 Å². The Morgan fingerprint density at radius 3 is 2.14 bits per heavy atom. The zero-order chi connectivity index (χ0) is 27.0. The molecule has 3 aliphatic heterocycles. The van der Waals surface area contributed by atoms with Crippen LogP contribution in [0.15, 0.2) is 15.4 Å². The van der Waals surface area contributed by atoms with Gasteiger partial charge in [0.05, 0.1) is 6.04 Å². The van der Waals surface area contributed by atoms with Crippen LogP contribution in [0.25, 0.3) is 0 Å². The maximum absolute atomic E-state index is 13.3. The fraction of sp³-hybridized carbons (Fsp3) is 0.680. The van der Waals surface area contributed by atoms with E-state index >= 15 is 0 Å². The van der Waals surface area contributed by atoms with Gasteiger partial charge in [0.25, 0.3) is 5.91 Å². The molecule has 4 heterocycles. The number of aliphatic imine (C=N–C) groups is 2. The minimum Gasteiger partial charge on any atom is -0.477 e. The van der Waals surface area contributed by atoms with Gasteiger partial charge in [0.2, 0.25) is 23.6 Å². The number of carbonyl (C=O) groups is 3. The maximum atomic E-state index is 13.3. The van der Waals surface area contributed by atoms with Crippen LogP contribution in [0.3, 0.4) is 0 Å². The molecule has 3 aliphatic rings. The predicted molar refractivity (Wildman–Crippen MR) is 140 cm³/mol. The molecule has 12 heteroatoms. The van der Waals surface area contributed by atoms with E-state index in [0.717, 1.165) is 0 Å². The molecule has 6 bridgehead atoms. The van der Waals surface area contributed by atoms with Gasteiger partial charge in [-0.15, -0.1) is 11.3 Å². The van der Waals surface area contributed by atoms with Gasteiger partial charge in [-0.3, -0.25) is 14.4 Å². The van der Waals surface area contributed by atoms with Crippen molar-refractivity contribution in [1.29, 1.82) is 0 Å². The van der Waals surface area contributed by atoms with Crippen molar-refractivity contribution >= 4 is 40.9 Å². The third-order valence-corrected chi connectivity index (χ3v) is 7.62. The second-order valence-electron chi connectivity index (χ2n) is 10.8. The normalized spacial score (nSPS) is 30.6. The average Bonchev–Trinajstić information content (AvgIpc) is 3.57. The number of carbonyl (C=O) groups excluding carboxylic acids is 3. The molecular weight excluding hydrogens is 496 g/mol. The molecule has 6 atom stereocenters. The molecule has 3 amide bonds. The molecule has 0 fully saturated rings. The van der Waals surface area contributed by atoms with Crippen LogP contribution >= 0.6 is 11.3 Å². The van der Waals surface area contributed by atoms with Crippen LogP contribution in [-0.2, 0) is 19.1 Å². The van der Waals surface area contributed by atoms with Gasteiger partial charge < -0.3 is 25.4 Å². The van der Waals surface area contributed by atoms with Crippen LogP contribution in [0.4, 0.5) is 0 Å². The molecule has 202 valence electrons. The molecular formula is C25H36N6O5S. The summed E-state index contributed by atoms with van der Waals surface area (Å²) in [6.45, 7) is 13.6. The van der Waals surface area contributed by atoms with Gasteiger partial charge in [-0.1, -0.05) is 41.5 Å². The molecule has 0 aliphatic carbocycles. The Kier molecular flexibility index (Phi) is 7.86. The van der Waals surface area contributed by atoms with Crippen molar-refractivity contribution in [3.63, 3.8) is 0 Å². The molecule has 4 rings (SSSR count). The zero-order valence-electron chi connectivity index (χ0n) is 22.3. The van der Waals surface area contributed by atoms with Crippen molar-refractivity contribution in [3.05, 3.63) is 16.1 Å². The number of hydrogen-bond donors (Lipinski definition) is 3. The van der Waals surface area contributed by atoms with E-state index in [1.807, 2.05) is 41.5 Å². The predicted octanol–water partition coefficient (Wildman–Crippen LogP) is 1.85. The average molecular weight is 533 g/mol. The maximum Gasteiger partial charge on any atom is 0.271 e. The highest BCUT2D eigenvalue weighted by Gasteiger charge is 2.41. The smallest absolute Gasteiger partial charge is 0.271 e. The summed E-state index contributed by atoms with van der Waals surface area (Å²) in [5.41, 5.74) is 0.247. The summed E-state index contributed by atoms with van der Waals surface area (Å²) in [6, 6.07) is -3.02. The summed E-state index contributed by atoms with van der Waals surface area (Å²) in [7, 11) is 0. The second-order valence-corrected chi connectivity index (χ2v) is 11.6. The van der Waals surface area contributed by atoms with Crippen LogP contribution in [0.5, 0.6) is 0 Å². The number of rotatable bonds is 3. The molecule has 37 heavy (non-hydrogen) atoms. The van der Waals surface area contributed by atoms with E-state index in [1.54, 1.807) is 12.3 Å². The van der Waals surface area contributed by atoms with Crippen LogP contribution in [-0.4, -0.2) is 71.4 Å². The van der Waals surface area contributed by atoms with E-state index in [4.69, 9.17) is 9.47 Å². The molecule has 3 N–H and O–H groups in total. The molecule has 0 saturated carbocycles. The minimum atomic E-state index is -0.799. The fourth-order valence-corrected chi connectivity index (χ4v) is 5.45. The molecule has 1 unspecified atom stereocenters. The van der Waals surface area contributed by atoms with Crippen LogP contribution < -0.4 is 16.0 Å². The summed E-state index contributed by atoms with van der Waals surface area (Å²) in [4.78, 5) is 53.2. The van der Waals surface area contributed by atoms with Gasteiger partial charge in [0, 0.05) is 5.38 Å². The first-order valence-corrected chi connectivity index (χ1v) is 13.7. The zero-order valence-corrected chi connectivity index (χ0v) is 23.1. The quantitative estimate of drug-likeness (QED) is 0.542. The van der Waals surface area contributed by atoms with E-state index in [0.29, 0.717) is 16.8 Å². The molecule has 0 spiro atoms. The van der Waals surface area contributed by atoms with Crippen molar-refractivity contribution in [1.82, 2.24) is 20.9 Å². The third-order valence-electron chi connectivity index (χ3n) is 6.70. The SMILES string of the molecule is CC(C)[C@@H]1NC(=O)[C@H]2N=C(O[C@H]2C)[C@H](C(C)C)NC(=O)c2csc(n2)[C@H](C(C)C)NC(=O)C2COC1=N2. The minimum absolute atomic E-state index is 0.0214. The summed E-state index contributed by atoms with van der Waals surface area (Å²) >= 11 is 1.32. The Hall–Kier alpha value is -3.02. The molecule has 1 aromatic heterocycles. The van der Waals surface area contributed by atoms with E-state index in [-0.39, 0.29) is 47.8 Å². The lowest BCUT2D eigenvalue weighted by Crippen LogP contribution is -2.49. The van der Waals surface area contributed by atoms with Gasteiger partial charge in [-0.25, -0.2) is 15.0 Å². The number of nitrogens with zero attached hydrogens (tertiary/aromatic N) is 3. The Bertz CT molecular complexity index is 1110. The monoisotopic (exact) mass is 532 g/mol. The first kappa shape index (κ1) is 27.0. The van der Waals surface area contributed by atoms with E-state index in [1.165, 1.54) is 11.3 Å². The second kappa shape index (κ2) is 10.8. The first-order valence-electron chi connectivity index (χ1n) is 12.8. The number of hydrogen-bond acceptors (Lipinski definition) is 9. The summed E-state index contributed by atoms with van der Waals surface area (Å²) in [5.74, 6) is -0.438. The highest BCUT2D eigenvalue weighted by atomic mass is 32.1. The van der Waals surface area contributed by atoms with Gasteiger partial charge >= 0.3 is 0 Å². The molecule has 11 nitrogen and oxygen atoms in total. The lowest BCUT2D eigenvalue weighted by Gasteiger charge is -2.23. The van der Waals surface area contributed by atoms with Crippen molar-refractivity contribution in [2.75, 3.05) is 6.61 Å². The fourth-order valence-electron chi connectivity index (χ4n) is 4.43. The highest BCUT2D eigenvalue weighted by molar-refractivity contribution is 7.09. The van der Waals surface area contributed by atoms with Crippen molar-refractivity contribution in [3.8, 4) is 0 Å². The Morgan fingerprint density at radius 2 is 1.49 bits per heavy atom. The summed E-state index contributed by atoms with van der Waals surface area (Å²) < 4.78 is 11.8. The largest absolute Gasteiger partial charge is 0.477 e. The highest BCUT2D eigenvalue weighted by Crippen LogP contribution is 2.27. The molecule has 0 saturated heterocycles. The summed E-state index contributed by atoms with van der Waals surface area (Å²) in [5, 5.41) is 11.3. The Balaban J connectivity index is 1.74. The van der Waals surface area contributed by atoms with E-state index in [2.05, 4.69) is 30.9 Å². The van der Waals surface area contributed by atoms with Gasteiger partial charge in [-0.05, 0) is 24.7 Å². The Labute approximate surface area is 220 Å². The number of nitrogens with one attached hydrogen (secondary N) is 3. The van der Waals surface area contributed by atoms with E-state index < -0.39 is 36.3 Å². The molecule has 0 radical (unpaired) electrons. The lowest BCUT2D eigenvalue weighted by atomic mass is 10.0. The number of fused-ring (bicyclic) bond motifs is 4. The first-order chi connectivity index (χ1) is 17.5. The number of thiazole rings is 1. The topological polar surface area (TPSA) is 143 Å². The van der Waals surface area contributed by atoms with Crippen LogP contribution in [0.2, 0.25) is 0 Å². The van der Waals surface area contributed by atoms with Gasteiger partial charge in [0.1, 0.15) is 35.5 Å². The Morgan fingerprint density at radius 1 is 0.865 bits per heavy atom. The van der Waals surface area contributed by atoms with Crippen LogP contribution in [0, 0.1) is 17.8 Å². The third kappa shape index (κ3) is 5.63. The summed E-state index contributed by atoms with van der Waals surface area (Å²) in [6.07, 6.45) is -0.523. The van der Waals surface area contributed by atoms with Crippen molar-refractivity contribution in [2.24, 2.45) is 27.7 Å². The van der Waals surface area contributed by atoms with Crippen LogP contribution in [0.1, 0.15) is 70.0 Å². The molecule has 0 aromatic carbocycles. The molecule has 1 aromatic rings. The van der Waals surface area contributed by atoms with Crippen molar-refractivity contribution in [2.45, 2.75) is 84.8 Å². The lowest BCUT2D eigenvalue weighted by molar-refractivity contribution is -0.124. The number of amides is 3.